The minimum atomic E-state index is -0.328. The molecule has 0 aliphatic carbocycles. The van der Waals surface area contributed by atoms with E-state index in [9.17, 15) is 9.18 Å². The molecule has 0 unspecified atom stereocenters. The summed E-state index contributed by atoms with van der Waals surface area (Å²) in [5, 5.41) is 5.83. The lowest BCUT2D eigenvalue weighted by molar-refractivity contribution is 0.102. The van der Waals surface area contributed by atoms with Crippen LogP contribution in [-0.2, 0) is 0 Å². The van der Waals surface area contributed by atoms with Gasteiger partial charge in [-0.1, -0.05) is 0 Å². The van der Waals surface area contributed by atoms with Gasteiger partial charge in [-0.3, -0.25) is 4.79 Å². The van der Waals surface area contributed by atoms with Gasteiger partial charge in [0.05, 0.1) is 19.9 Å². The first kappa shape index (κ1) is 18.2. The van der Waals surface area contributed by atoms with Crippen molar-refractivity contribution >= 4 is 23.1 Å². The predicted octanol–water partition coefficient (Wildman–Crippen LogP) is 4.23. The quantitative estimate of drug-likeness (QED) is 0.682. The van der Waals surface area contributed by atoms with Gasteiger partial charge < -0.3 is 20.1 Å². The van der Waals surface area contributed by atoms with Crippen LogP contribution in [0.25, 0.3) is 0 Å². The Bertz CT molecular complexity index is 945. The fraction of sp³-hybridized carbons (Fsp3) is 0.100. The van der Waals surface area contributed by atoms with E-state index in [0.29, 0.717) is 34.3 Å². The fourth-order valence-corrected chi connectivity index (χ4v) is 2.43. The molecule has 0 atom stereocenters. The van der Waals surface area contributed by atoms with Crippen molar-refractivity contribution in [3.8, 4) is 11.5 Å². The van der Waals surface area contributed by atoms with Crippen LogP contribution in [0.5, 0.6) is 11.5 Å². The maximum atomic E-state index is 13.0. The van der Waals surface area contributed by atoms with Crippen molar-refractivity contribution in [2.75, 3.05) is 24.9 Å². The zero-order chi connectivity index (χ0) is 19.2. The van der Waals surface area contributed by atoms with E-state index in [2.05, 4.69) is 15.6 Å². The molecular formula is C20H18FN3O3. The lowest BCUT2D eigenvalue weighted by Crippen LogP contribution is -2.13. The van der Waals surface area contributed by atoms with Crippen molar-refractivity contribution in [3.05, 3.63) is 72.2 Å². The number of amides is 1. The second kappa shape index (κ2) is 8.18. The van der Waals surface area contributed by atoms with Crippen LogP contribution >= 0.6 is 0 Å². The summed E-state index contributed by atoms with van der Waals surface area (Å²) in [4.78, 5) is 16.8. The molecule has 0 bridgehead atoms. The molecule has 2 N–H and O–H groups in total. The van der Waals surface area contributed by atoms with Gasteiger partial charge in [0.15, 0.2) is 0 Å². The van der Waals surface area contributed by atoms with Crippen molar-refractivity contribution < 1.29 is 18.7 Å². The highest BCUT2D eigenvalue weighted by Gasteiger charge is 2.12. The van der Waals surface area contributed by atoms with Gasteiger partial charge in [-0.15, -0.1) is 0 Å². The first-order chi connectivity index (χ1) is 13.1. The highest BCUT2D eigenvalue weighted by molar-refractivity contribution is 6.05. The molecule has 1 heterocycles. The standard InChI is InChI=1S/C20H18FN3O3/c1-26-16-7-8-18(27-2)17(12-16)24-20(25)13-9-10-22-19(11-13)23-15-5-3-14(21)4-6-15/h3-12H,1-2H3,(H,22,23)(H,24,25). The first-order valence-corrected chi connectivity index (χ1v) is 8.11. The van der Waals surface area contributed by atoms with Gasteiger partial charge in [0, 0.05) is 23.5 Å². The Kier molecular flexibility index (Phi) is 5.51. The van der Waals surface area contributed by atoms with Crippen LogP contribution in [0.4, 0.5) is 21.6 Å². The number of anilines is 3. The van der Waals surface area contributed by atoms with Gasteiger partial charge in [0.1, 0.15) is 23.1 Å². The van der Waals surface area contributed by atoms with Gasteiger partial charge in [-0.05, 0) is 48.5 Å². The molecule has 27 heavy (non-hydrogen) atoms. The van der Waals surface area contributed by atoms with Crippen molar-refractivity contribution in [2.45, 2.75) is 0 Å². The van der Waals surface area contributed by atoms with E-state index >= 15 is 0 Å². The second-order valence-corrected chi connectivity index (χ2v) is 5.58. The Balaban J connectivity index is 1.78. The van der Waals surface area contributed by atoms with E-state index in [1.54, 1.807) is 49.6 Å². The number of halogens is 1. The average molecular weight is 367 g/mol. The second-order valence-electron chi connectivity index (χ2n) is 5.58. The number of pyridine rings is 1. The maximum Gasteiger partial charge on any atom is 0.255 e. The summed E-state index contributed by atoms with van der Waals surface area (Å²) in [7, 11) is 3.07. The SMILES string of the molecule is COc1ccc(OC)c(NC(=O)c2ccnc(Nc3ccc(F)cc3)c2)c1. The van der Waals surface area contributed by atoms with Crippen LogP contribution in [0.2, 0.25) is 0 Å². The summed E-state index contributed by atoms with van der Waals surface area (Å²) < 4.78 is 23.5. The predicted molar refractivity (Wildman–Crippen MR) is 101 cm³/mol. The van der Waals surface area contributed by atoms with E-state index in [0.717, 1.165) is 0 Å². The average Bonchev–Trinajstić information content (AvgIpc) is 2.70. The first-order valence-electron chi connectivity index (χ1n) is 8.11. The number of aromatic nitrogens is 1. The third-order valence-corrected chi connectivity index (χ3v) is 3.79. The van der Waals surface area contributed by atoms with E-state index in [1.165, 1.54) is 25.4 Å². The van der Waals surface area contributed by atoms with Crippen LogP contribution in [0.1, 0.15) is 10.4 Å². The smallest absolute Gasteiger partial charge is 0.255 e. The Morgan fingerprint density at radius 2 is 1.78 bits per heavy atom. The highest BCUT2D eigenvalue weighted by atomic mass is 19.1. The molecule has 0 fully saturated rings. The molecule has 0 radical (unpaired) electrons. The van der Waals surface area contributed by atoms with Gasteiger partial charge in [-0.2, -0.15) is 0 Å². The van der Waals surface area contributed by atoms with E-state index < -0.39 is 0 Å². The molecule has 1 aromatic heterocycles. The number of methoxy groups -OCH3 is 2. The number of carbonyl (C=O) groups is 1. The van der Waals surface area contributed by atoms with E-state index in [-0.39, 0.29) is 11.7 Å². The summed E-state index contributed by atoms with van der Waals surface area (Å²) in [5.41, 5.74) is 1.56. The van der Waals surface area contributed by atoms with Crippen LogP contribution in [0, 0.1) is 5.82 Å². The Hall–Kier alpha value is -3.61. The number of rotatable bonds is 6. The number of ether oxygens (including phenoxy) is 2. The van der Waals surface area contributed by atoms with Crippen molar-refractivity contribution in [1.82, 2.24) is 4.98 Å². The summed E-state index contributed by atoms with van der Waals surface area (Å²) in [5.74, 6) is 0.925. The zero-order valence-corrected chi connectivity index (χ0v) is 14.8. The van der Waals surface area contributed by atoms with Gasteiger partial charge in [0.2, 0.25) is 0 Å². The Labute approximate surface area is 156 Å². The summed E-state index contributed by atoms with van der Waals surface area (Å²) >= 11 is 0. The molecule has 138 valence electrons. The molecule has 7 heteroatoms. The third kappa shape index (κ3) is 4.52. The summed E-state index contributed by atoms with van der Waals surface area (Å²) in [6.45, 7) is 0. The van der Waals surface area contributed by atoms with Crippen LogP contribution < -0.4 is 20.1 Å². The normalized spacial score (nSPS) is 10.2. The van der Waals surface area contributed by atoms with Gasteiger partial charge in [0.25, 0.3) is 5.91 Å². The minimum absolute atomic E-state index is 0.325. The zero-order valence-electron chi connectivity index (χ0n) is 14.8. The lowest BCUT2D eigenvalue weighted by atomic mass is 10.2. The van der Waals surface area contributed by atoms with Crippen molar-refractivity contribution in [1.29, 1.82) is 0 Å². The molecule has 3 aromatic rings. The largest absolute Gasteiger partial charge is 0.497 e. The van der Waals surface area contributed by atoms with Crippen LogP contribution in [-0.4, -0.2) is 25.1 Å². The number of nitrogens with zero attached hydrogens (tertiary/aromatic N) is 1. The molecule has 3 rings (SSSR count). The molecule has 6 nitrogen and oxygen atoms in total. The molecule has 2 aromatic carbocycles. The number of hydrogen-bond donors (Lipinski definition) is 2. The summed E-state index contributed by atoms with van der Waals surface area (Å²) in [6.07, 6.45) is 1.52. The molecular weight excluding hydrogens is 349 g/mol. The Morgan fingerprint density at radius 3 is 2.48 bits per heavy atom. The number of nitrogens with one attached hydrogen (secondary N) is 2. The molecule has 0 saturated carbocycles. The van der Waals surface area contributed by atoms with Gasteiger partial charge in [-0.25, -0.2) is 9.37 Å². The van der Waals surface area contributed by atoms with Gasteiger partial charge >= 0.3 is 0 Å². The monoisotopic (exact) mass is 367 g/mol. The lowest BCUT2D eigenvalue weighted by Gasteiger charge is -2.12. The molecule has 0 spiro atoms. The highest BCUT2D eigenvalue weighted by Crippen LogP contribution is 2.29. The maximum absolute atomic E-state index is 13.0. The molecule has 0 saturated heterocycles. The van der Waals surface area contributed by atoms with Crippen LogP contribution in [0.3, 0.4) is 0 Å². The van der Waals surface area contributed by atoms with E-state index in [1.807, 2.05) is 0 Å². The third-order valence-electron chi connectivity index (χ3n) is 3.79. The number of hydrogen-bond acceptors (Lipinski definition) is 5. The van der Waals surface area contributed by atoms with Crippen molar-refractivity contribution in [2.24, 2.45) is 0 Å². The summed E-state index contributed by atoms with van der Waals surface area (Å²) in [6, 6.07) is 14.2. The van der Waals surface area contributed by atoms with E-state index in [4.69, 9.17) is 9.47 Å². The number of benzene rings is 2. The molecule has 1 amide bonds. The molecule has 0 aliphatic rings. The Morgan fingerprint density at radius 1 is 1.00 bits per heavy atom. The fourth-order valence-electron chi connectivity index (χ4n) is 2.43. The topological polar surface area (TPSA) is 72.5 Å². The van der Waals surface area contributed by atoms with Crippen molar-refractivity contribution in [3.63, 3.8) is 0 Å². The molecule has 0 aliphatic heterocycles. The minimum Gasteiger partial charge on any atom is -0.497 e. The number of carbonyl (C=O) groups excluding carboxylic acids is 1. The van der Waals surface area contributed by atoms with Crippen LogP contribution in [0.15, 0.2) is 60.8 Å².